The van der Waals surface area contributed by atoms with Crippen LogP contribution in [0, 0.1) is 6.92 Å². The summed E-state index contributed by atoms with van der Waals surface area (Å²) in [6.07, 6.45) is 3.20. The summed E-state index contributed by atoms with van der Waals surface area (Å²) in [7, 11) is 0. The molecule has 0 spiro atoms. The van der Waals surface area contributed by atoms with Gasteiger partial charge in [0.1, 0.15) is 12.1 Å². The number of rotatable bonds is 3. The van der Waals surface area contributed by atoms with Crippen LogP contribution in [0.4, 0.5) is 5.82 Å². The molecule has 0 atom stereocenters. The minimum absolute atomic E-state index is 0.109. The molecule has 1 aliphatic heterocycles. The number of aromatic nitrogens is 4. The van der Waals surface area contributed by atoms with Gasteiger partial charge in [0.05, 0.1) is 18.1 Å². The van der Waals surface area contributed by atoms with Crippen molar-refractivity contribution in [1.82, 2.24) is 25.1 Å². The van der Waals surface area contributed by atoms with Crippen LogP contribution < -0.4 is 4.90 Å². The topological polar surface area (TPSA) is 78.0 Å². The van der Waals surface area contributed by atoms with Crippen LogP contribution in [0.5, 0.6) is 0 Å². The van der Waals surface area contributed by atoms with Crippen LogP contribution >= 0.6 is 0 Å². The second kappa shape index (κ2) is 5.92. The van der Waals surface area contributed by atoms with Crippen molar-refractivity contribution in [2.45, 2.75) is 13.5 Å². The van der Waals surface area contributed by atoms with Crippen LogP contribution in [-0.4, -0.2) is 50.6 Å². The molecular formula is C17H18N6O. The zero-order valence-corrected chi connectivity index (χ0v) is 13.4. The normalized spacial score (nSPS) is 15.3. The predicted molar refractivity (Wildman–Crippen MR) is 90.5 cm³/mol. The maximum atomic E-state index is 12.6. The first kappa shape index (κ1) is 14.6. The van der Waals surface area contributed by atoms with Gasteiger partial charge in [-0.1, -0.05) is 29.8 Å². The average molecular weight is 322 g/mol. The summed E-state index contributed by atoms with van der Waals surface area (Å²) in [4.78, 5) is 24.9. The Morgan fingerprint density at radius 1 is 1.25 bits per heavy atom. The number of nitrogens with one attached hydrogen (secondary N) is 1. The number of nitrogens with zero attached hydrogens (tertiary/aromatic N) is 5. The summed E-state index contributed by atoms with van der Waals surface area (Å²) in [6.45, 7) is 4.46. The van der Waals surface area contributed by atoms with Gasteiger partial charge < -0.3 is 9.80 Å². The molecule has 3 aromatic rings. The molecule has 7 heteroatoms. The fourth-order valence-corrected chi connectivity index (χ4v) is 3.09. The molecule has 0 saturated carbocycles. The van der Waals surface area contributed by atoms with E-state index >= 15 is 0 Å². The number of aromatic amines is 1. The van der Waals surface area contributed by atoms with Gasteiger partial charge in [0, 0.05) is 19.6 Å². The van der Waals surface area contributed by atoms with Gasteiger partial charge in [-0.25, -0.2) is 9.97 Å². The monoisotopic (exact) mass is 322 g/mol. The molecule has 0 bridgehead atoms. The highest BCUT2D eigenvalue weighted by atomic mass is 16.2. The van der Waals surface area contributed by atoms with Crippen LogP contribution in [0.2, 0.25) is 0 Å². The van der Waals surface area contributed by atoms with E-state index in [1.54, 1.807) is 6.20 Å². The fourth-order valence-electron chi connectivity index (χ4n) is 3.09. The van der Waals surface area contributed by atoms with E-state index in [4.69, 9.17) is 0 Å². The minimum Gasteiger partial charge on any atom is -0.345 e. The molecule has 122 valence electrons. The van der Waals surface area contributed by atoms with Gasteiger partial charge in [0.2, 0.25) is 5.91 Å². The van der Waals surface area contributed by atoms with E-state index < -0.39 is 0 Å². The molecule has 0 aliphatic carbocycles. The Bertz CT molecular complexity index is 889. The van der Waals surface area contributed by atoms with E-state index in [2.05, 4.69) is 45.3 Å². The van der Waals surface area contributed by atoms with Gasteiger partial charge in [-0.05, 0) is 12.5 Å². The lowest BCUT2D eigenvalue weighted by Crippen LogP contribution is -2.50. The van der Waals surface area contributed by atoms with Crippen LogP contribution in [0.1, 0.15) is 11.1 Å². The second-order valence-corrected chi connectivity index (χ2v) is 6.06. The quantitative estimate of drug-likeness (QED) is 0.791. The van der Waals surface area contributed by atoms with E-state index in [0.717, 1.165) is 23.3 Å². The smallest absolute Gasteiger partial charge is 0.242 e. The number of carbonyl (C=O) groups is 1. The van der Waals surface area contributed by atoms with Crippen LogP contribution in [-0.2, 0) is 11.3 Å². The van der Waals surface area contributed by atoms with Crippen molar-refractivity contribution >= 4 is 22.8 Å². The lowest BCUT2D eigenvalue weighted by atomic mass is 10.1. The fraction of sp³-hybridized carbons (Fsp3) is 0.294. The number of benzene rings is 1. The van der Waals surface area contributed by atoms with E-state index in [9.17, 15) is 4.79 Å². The summed E-state index contributed by atoms with van der Waals surface area (Å²) < 4.78 is 0. The van der Waals surface area contributed by atoms with Crippen LogP contribution in [0.3, 0.4) is 0 Å². The number of H-pyrrole nitrogens is 1. The molecule has 4 rings (SSSR count). The van der Waals surface area contributed by atoms with Crippen molar-refractivity contribution in [3.8, 4) is 0 Å². The summed E-state index contributed by atoms with van der Waals surface area (Å²) in [5.74, 6) is 0.871. The van der Waals surface area contributed by atoms with Crippen molar-refractivity contribution < 1.29 is 4.79 Å². The molecule has 1 fully saturated rings. The summed E-state index contributed by atoms with van der Waals surface area (Å²) in [6, 6.07) is 8.28. The third kappa shape index (κ3) is 2.68. The van der Waals surface area contributed by atoms with Gasteiger partial charge in [-0.3, -0.25) is 9.89 Å². The Balaban J connectivity index is 1.50. The molecular weight excluding hydrogens is 304 g/mol. The highest BCUT2D eigenvalue weighted by Crippen LogP contribution is 2.23. The predicted octanol–water partition coefficient (Wildman–Crippen LogP) is 1.51. The van der Waals surface area contributed by atoms with Crippen molar-refractivity contribution in [1.29, 1.82) is 0 Å². The largest absolute Gasteiger partial charge is 0.345 e. The Morgan fingerprint density at radius 3 is 3.00 bits per heavy atom. The number of hydrogen-bond donors (Lipinski definition) is 1. The molecule has 1 N–H and O–H groups in total. The van der Waals surface area contributed by atoms with E-state index in [1.807, 2.05) is 15.9 Å². The summed E-state index contributed by atoms with van der Waals surface area (Å²) in [5, 5.41) is 7.68. The highest BCUT2D eigenvalue weighted by molar-refractivity contribution is 5.90. The van der Waals surface area contributed by atoms with E-state index in [-0.39, 0.29) is 5.91 Å². The number of carbonyl (C=O) groups excluding carboxylic acids is 1. The molecule has 3 heterocycles. The zero-order chi connectivity index (χ0) is 16.5. The molecule has 2 aromatic heterocycles. The number of hydrogen-bond acceptors (Lipinski definition) is 5. The van der Waals surface area contributed by atoms with Crippen LogP contribution in [0.25, 0.3) is 11.0 Å². The van der Waals surface area contributed by atoms with E-state index in [0.29, 0.717) is 25.3 Å². The lowest BCUT2D eigenvalue weighted by Gasteiger charge is -2.35. The first-order chi connectivity index (χ1) is 11.7. The Morgan fingerprint density at radius 2 is 2.17 bits per heavy atom. The average Bonchev–Trinajstić information content (AvgIpc) is 3.05. The number of amides is 1. The minimum atomic E-state index is 0.109. The molecule has 1 amide bonds. The molecule has 0 unspecified atom stereocenters. The maximum Gasteiger partial charge on any atom is 0.242 e. The third-order valence-electron chi connectivity index (χ3n) is 4.30. The lowest BCUT2D eigenvalue weighted by molar-refractivity contribution is -0.131. The highest BCUT2D eigenvalue weighted by Gasteiger charge is 2.26. The van der Waals surface area contributed by atoms with Gasteiger partial charge in [0.15, 0.2) is 5.65 Å². The van der Waals surface area contributed by atoms with Crippen molar-refractivity contribution in [2.24, 2.45) is 0 Å². The van der Waals surface area contributed by atoms with Crippen LogP contribution in [0.15, 0.2) is 36.8 Å². The molecule has 0 radical (unpaired) electrons. The Labute approximate surface area is 139 Å². The van der Waals surface area contributed by atoms with Gasteiger partial charge in [-0.15, -0.1) is 0 Å². The van der Waals surface area contributed by atoms with E-state index in [1.165, 1.54) is 11.9 Å². The van der Waals surface area contributed by atoms with Crippen molar-refractivity contribution in [2.75, 3.05) is 24.5 Å². The Kier molecular flexibility index (Phi) is 3.60. The SMILES string of the molecule is Cc1cccc(CN2CCN(c3ncnc4[nH]ncc34)CC2=O)c1. The van der Waals surface area contributed by atoms with Crippen molar-refractivity contribution in [3.05, 3.63) is 47.9 Å². The van der Waals surface area contributed by atoms with Gasteiger partial charge >= 0.3 is 0 Å². The Hall–Kier alpha value is -2.96. The zero-order valence-electron chi connectivity index (χ0n) is 13.4. The first-order valence-electron chi connectivity index (χ1n) is 7.93. The van der Waals surface area contributed by atoms with Crippen molar-refractivity contribution in [3.63, 3.8) is 0 Å². The number of piperazine rings is 1. The van der Waals surface area contributed by atoms with Gasteiger partial charge in [0.25, 0.3) is 0 Å². The van der Waals surface area contributed by atoms with Gasteiger partial charge in [-0.2, -0.15) is 5.10 Å². The molecule has 1 saturated heterocycles. The number of aryl methyl sites for hydroxylation is 1. The first-order valence-corrected chi connectivity index (χ1v) is 7.93. The maximum absolute atomic E-state index is 12.6. The summed E-state index contributed by atoms with van der Waals surface area (Å²) >= 11 is 0. The second-order valence-electron chi connectivity index (χ2n) is 6.06. The summed E-state index contributed by atoms with van der Waals surface area (Å²) in [5.41, 5.74) is 3.06. The standard InChI is InChI=1S/C17H18N6O/c1-12-3-2-4-13(7-12)9-22-5-6-23(10-15(22)24)17-14-8-20-21-16(14)18-11-19-17/h2-4,7-8,11H,5-6,9-10H2,1H3,(H,18,19,20,21). The number of anilines is 1. The molecule has 7 nitrogen and oxygen atoms in total. The third-order valence-corrected chi connectivity index (χ3v) is 4.30. The molecule has 24 heavy (non-hydrogen) atoms. The molecule has 1 aromatic carbocycles. The number of fused-ring (bicyclic) bond motifs is 1. The molecule has 1 aliphatic rings.